The number of fused-ring (bicyclic) bond motifs is 1. The van der Waals surface area contributed by atoms with Gasteiger partial charge in [-0.05, 0) is 60.2 Å². The third-order valence-electron chi connectivity index (χ3n) is 9.93. The van der Waals surface area contributed by atoms with E-state index in [0.29, 0.717) is 23.4 Å². The third kappa shape index (κ3) is 17.0. The second-order valence-electron chi connectivity index (χ2n) is 15.5. The van der Waals surface area contributed by atoms with Crippen molar-refractivity contribution in [1.29, 1.82) is 0 Å². The van der Waals surface area contributed by atoms with Crippen molar-refractivity contribution in [1.82, 2.24) is 46.1 Å². The smallest absolute Gasteiger partial charge is 0.326 e. The number of carboxylic acids is 1. The summed E-state index contributed by atoms with van der Waals surface area (Å²) in [4.78, 5) is 87.6. The number of hydrogen-bond donors (Lipinski definition) is 9. The number of amides is 5. The molecule has 0 unspecified atom stereocenters. The molecule has 2 atom stereocenters. The summed E-state index contributed by atoms with van der Waals surface area (Å²) in [6.07, 6.45) is 3.93. The van der Waals surface area contributed by atoms with Crippen LogP contribution in [0.4, 0.5) is 5.82 Å². The molecule has 10 N–H and O–H groups in total. The van der Waals surface area contributed by atoms with E-state index < -0.39 is 54.1 Å². The zero-order valence-electron chi connectivity index (χ0n) is 38.4. The molecule has 0 aliphatic rings. The van der Waals surface area contributed by atoms with Gasteiger partial charge in [0, 0.05) is 31.1 Å². The highest BCUT2D eigenvalue weighted by molar-refractivity contribution is 5.96. The number of carbonyl (C=O) groups is 6. The first-order chi connectivity index (χ1) is 32.6. The second-order valence-corrected chi connectivity index (χ2v) is 15.5. The monoisotopic (exact) mass is 948 g/mol. The molecule has 0 fully saturated rings. The van der Waals surface area contributed by atoms with E-state index in [1.54, 1.807) is 44.2 Å². The molecule has 5 amide bonds. The summed E-state index contributed by atoms with van der Waals surface area (Å²) in [6, 6.07) is 8.52. The molecule has 4 aromatic rings. The molecule has 2 aromatic heterocycles. The molecule has 23 nitrogen and oxygen atoms in total. The molecule has 0 spiro atoms. The number of ether oxygens (including phenoxy) is 4. The van der Waals surface area contributed by atoms with E-state index in [2.05, 4.69) is 41.5 Å². The van der Waals surface area contributed by atoms with Gasteiger partial charge in [-0.15, -0.1) is 0 Å². The first-order valence-electron chi connectivity index (χ1n) is 21.9. The number of rotatable bonds is 29. The number of aromatic hydroxyl groups is 2. The quantitative estimate of drug-likeness (QED) is 0.0273. The van der Waals surface area contributed by atoms with Crippen LogP contribution in [0.2, 0.25) is 0 Å². The highest BCUT2D eigenvalue weighted by atomic mass is 16.5. The van der Waals surface area contributed by atoms with Crippen LogP contribution in [0.15, 0.2) is 48.5 Å². The zero-order chi connectivity index (χ0) is 49.6. The van der Waals surface area contributed by atoms with E-state index in [1.165, 1.54) is 36.0 Å². The molecule has 68 heavy (non-hydrogen) atoms. The number of aromatic nitrogens is 4. The number of benzene rings is 2. The van der Waals surface area contributed by atoms with Crippen molar-refractivity contribution < 1.29 is 63.0 Å². The highest BCUT2D eigenvalue weighted by Gasteiger charge is 2.29. The Morgan fingerprint density at radius 1 is 0.853 bits per heavy atom. The van der Waals surface area contributed by atoms with Gasteiger partial charge in [-0.25, -0.2) is 4.79 Å². The Hall–Kier alpha value is -7.53. The summed E-state index contributed by atoms with van der Waals surface area (Å²) in [5.41, 5.74) is 8.35. The van der Waals surface area contributed by atoms with E-state index >= 15 is 0 Å². The molecule has 0 aliphatic carbocycles. The van der Waals surface area contributed by atoms with Crippen molar-refractivity contribution in [3.63, 3.8) is 0 Å². The van der Waals surface area contributed by atoms with E-state index in [1.807, 2.05) is 6.92 Å². The summed E-state index contributed by atoms with van der Waals surface area (Å²) >= 11 is 0. The van der Waals surface area contributed by atoms with Crippen molar-refractivity contribution in [3.05, 3.63) is 65.2 Å². The summed E-state index contributed by atoms with van der Waals surface area (Å²) in [5, 5.41) is 42.6. The first-order valence-corrected chi connectivity index (χ1v) is 21.9. The van der Waals surface area contributed by atoms with Crippen LogP contribution in [-0.2, 0) is 40.0 Å². The number of nitrogens with one attached hydrogen (secondary N) is 5. The lowest BCUT2D eigenvalue weighted by molar-refractivity contribution is -0.142. The molecule has 368 valence electrons. The van der Waals surface area contributed by atoms with Gasteiger partial charge in [0.2, 0.25) is 23.6 Å². The van der Waals surface area contributed by atoms with Crippen LogP contribution >= 0.6 is 0 Å². The van der Waals surface area contributed by atoms with Crippen molar-refractivity contribution in [2.24, 2.45) is 5.92 Å². The number of nitrogens with zero attached hydrogens (tertiary/aromatic N) is 4. The molecule has 23 heteroatoms. The van der Waals surface area contributed by atoms with Crippen molar-refractivity contribution in [2.75, 3.05) is 65.5 Å². The van der Waals surface area contributed by atoms with E-state index in [-0.39, 0.29) is 99.7 Å². The Kier molecular flexibility index (Phi) is 21.2. The minimum atomic E-state index is -1.42. The topological polar surface area (TPSA) is 330 Å². The maximum absolute atomic E-state index is 13.0. The van der Waals surface area contributed by atoms with E-state index in [9.17, 15) is 44.1 Å². The first kappa shape index (κ1) is 53.1. The SMILES string of the molecule is CCCCOc1nc(N)c2nc(O)n(Cc3ccc(C(=O)NCCOCCOCCNC(=O)CC[C@@H](NC(=O)[C@@H](NC(=O)CNC(=O)/C=C/c4ccc(O)c(OC)c4)C(C)C)C(=O)O)cc3)c2n1. The highest BCUT2D eigenvalue weighted by Crippen LogP contribution is 2.27. The number of nitrogen functional groups attached to an aromatic ring is 1. The number of carbonyl (C=O) groups excluding carboxylic acids is 5. The van der Waals surface area contributed by atoms with Crippen LogP contribution in [0.25, 0.3) is 17.2 Å². The van der Waals surface area contributed by atoms with E-state index in [0.717, 1.165) is 18.4 Å². The van der Waals surface area contributed by atoms with Gasteiger partial charge in [0.05, 0.1) is 53.2 Å². The van der Waals surface area contributed by atoms with Gasteiger partial charge in [0.25, 0.3) is 11.9 Å². The Morgan fingerprint density at radius 3 is 2.22 bits per heavy atom. The van der Waals surface area contributed by atoms with Crippen LogP contribution in [0.5, 0.6) is 23.5 Å². The molecule has 0 radical (unpaired) electrons. The summed E-state index contributed by atoms with van der Waals surface area (Å²) in [6.45, 7) is 6.65. The lowest BCUT2D eigenvalue weighted by Gasteiger charge is -2.24. The average molecular weight is 949 g/mol. The largest absolute Gasteiger partial charge is 0.504 e. The summed E-state index contributed by atoms with van der Waals surface area (Å²) in [7, 11) is 1.38. The van der Waals surface area contributed by atoms with Gasteiger partial charge in [-0.3, -0.25) is 28.5 Å². The predicted molar refractivity (Wildman–Crippen MR) is 247 cm³/mol. The van der Waals surface area contributed by atoms with Gasteiger partial charge in [-0.2, -0.15) is 15.0 Å². The van der Waals surface area contributed by atoms with Crippen LogP contribution in [0.1, 0.15) is 67.9 Å². The molecule has 2 heterocycles. The lowest BCUT2D eigenvalue weighted by atomic mass is 10.0. The number of aliphatic carboxylic acids is 1. The Labute approximate surface area is 392 Å². The fourth-order valence-electron chi connectivity index (χ4n) is 6.21. The van der Waals surface area contributed by atoms with Crippen molar-refractivity contribution >= 4 is 58.6 Å². The number of anilines is 1. The lowest BCUT2D eigenvalue weighted by Crippen LogP contribution is -2.55. The maximum atomic E-state index is 13.0. The van der Waals surface area contributed by atoms with Crippen molar-refractivity contribution in [2.45, 2.75) is 65.1 Å². The number of nitrogens with two attached hydrogens (primary N) is 1. The molecular formula is C45H60N10O13. The van der Waals surface area contributed by atoms with Gasteiger partial charge in [0.15, 0.2) is 28.5 Å². The Balaban J connectivity index is 1.06. The van der Waals surface area contributed by atoms with Gasteiger partial charge in [0.1, 0.15) is 12.1 Å². The fraction of sp³-hybridized carbons (Fsp3) is 0.444. The van der Waals surface area contributed by atoms with Crippen LogP contribution in [0.3, 0.4) is 0 Å². The van der Waals surface area contributed by atoms with Gasteiger partial charge < -0.3 is 66.6 Å². The summed E-state index contributed by atoms with van der Waals surface area (Å²) in [5.74, 6) is -4.43. The van der Waals surface area contributed by atoms with Crippen molar-refractivity contribution in [3.8, 4) is 23.5 Å². The number of phenolic OH excluding ortho intramolecular Hbond substituents is 1. The predicted octanol–water partition coefficient (Wildman–Crippen LogP) is 1.25. The average Bonchev–Trinajstić information content (AvgIpc) is 3.63. The molecule has 0 saturated heterocycles. The third-order valence-corrected chi connectivity index (χ3v) is 9.93. The number of imidazole rings is 1. The number of carboxylic acid groups (broad SMARTS) is 1. The number of hydrogen-bond acceptors (Lipinski definition) is 16. The van der Waals surface area contributed by atoms with Crippen LogP contribution < -0.4 is 41.8 Å². The van der Waals surface area contributed by atoms with Crippen LogP contribution in [-0.4, -0.2) is 142 Å². The molecule has 4 rings (SSSR count). The minimum Gasteiger partial charge on any atom is -0.504 e. The summed E-state index contributed by atoms with van der Waals surface area (Å²) < 4.78 is 23.1. The molecule has 0 bridgehead atoms. The second kappa shape index (κ2) is 27.2. The van der Waals surface area contributed by atoms with Crippen LogP contribution in [0, 0.1) is 5.92 Å². The minimum absolute atomic E-state index is 0.0668. The fourth-order valence-corrected chi connectivity index (χ4v) is 6.21. The van der Waals surface area contributed by atoms with E-state index in [4.69, 9.17) is 24.7 Å². The molecular weight excluding hydrogens is 889 g/mol. The molecule has 2 aromatic carbocycles. The van der Waals surface area contributed by atoms with Gasteiger partial charge >= 0.3 is 12.0 Å². The molecule has 0 saturated carbocycles. The number of phenols is 1. The number of methoxy groups -OCH3 is 1. The normalized spacial score (nSPS) is 12.1. The molecule has 0 aliphatic heterocycles. The van der Waals surface area contributed by atoms with Gasteiger partial charge in [-0.1, -0.05) is 45.4 Å². The maximum Gasteiger partial charge on any atom is 0.326 e. The Bertz CT molecular complexity index is 2370. The zero-order valence-corrected chi connectivity index (χ0v) is 38.4. The Morgan fingerprint density at radius 2 is 1.56 bits per heavy atom. The standard InChI is InChI=1S/C45H60N10O13/c1-5-6-19-68-44-53-39(46)38-40(54-44)55(45(64)52-38)26-29-7-11-30(12-8-29)41(60)48-18-21-67-23-22-66-20-17-47-34(57)16-13-31(43(62)63)50-42(61)37(27(2)3)51-36(59)25-49-35(58)15-10-28-9-14-32(56)33(24-28)65-4/h7-12,14-15,24,27,31,37,56H,5-6,13,16-23,25-26H2,1-4H3,(H,47,57)(H,48,60)(H,49,58)(H,50,61)(H,51,59)(H,52,64)(H,62,63)(H2,46,53,54)/b15-10+/t31-,37+/m1/s1. The number of unbranched alkanes of at least 4 members (excludes halogenated alkanes) is 1.